The van der Waals surface area contributed by atoms with Crippen LogP contribution in [0.25, 0.3) is 0 Å². The lowest BCUT2D eigenvalue weighted by molar-refractivity contribution is -0.143. The van der Waals surface area contributed by atoms with E-state index in [1.54, 1.807) is 6.92 Å². The van der Waals surface area contributed by atoms with Gasteiger partial charge < -0.3 is 10.1 Å². The van der Waals surface area contributed by atoms with Gasteiger partial charge in [-0.15, -0.1) is 0 Å². The molecule has 0 bridgehead atoms. The van der Waals surface area contributed by atoms with Crippen LogP contribution in [-0.4, -0.2) is 52.8 Å². The van der Waals surface area contributed by atoms with Crippen molar-refractivity contribution in [1.29, 1.82) is 0 Å². The highest BCUT2D eigenvalue weighted by Crippen LogP contribution is 2.29. The van der Waals surface area contributed by atoms with Crippen molar-refractivity contribution in [3.05, 3.63) is 52.8 Å². The number of aryl methyl sites for hydroxylation is 1. The van der Waals surface area contributed by atoms with Crippen molar-refractivity contribution in [3.8, 4) is 0 Å². The molecule has 1 aromatic heterocycles. The van der Waals surface area contributed by atoms with E-state index in [9.17, 15) is 9.59 Å². The van der Waals surface area contributed by atoms with Crippen molar-refractivity contribution in [1.82, 2.24) is 20.0 Å². The Kier molecular flexibility index (Phi) is 8.23. The molecule has 1 saturated carbocycles. The average Bonchev–Trinajstić information content (AvgIpc) is 3.52. The van der Waals surface area contributed by atoms with Crippen molar-refractivity contribution >= 4 is 11.9 Å². The van der Waals surface area contributed by atoms with Gasteiger partial charge in [-0.25, -0.2) is 0 Å². The van der Waals surface area contributed by atoms with Gasteiger partial charge in [0.1, 0.15) is 0 Å². The molecule has 1 fully saturated rings. The van der Waals surface area contributed by atoms with Gasteiger partial charge in [-0.2, -0.15) is 5.10 Å². The molecule has 1 heterocycles. The second kappa shape index (κ2) is 11.1. The molecular formula is C24H34N4O3. The first kappa shape index (κ1) is 23.0. The molecule has 1 N–H and O–H groups in total. The summed E-state index contributed by atoms with van der Waals surface area (Å²) in [6.07, 6.45) is 2.73. The van der Waals surface area contributed by atoms with E-state index < -0.39 is 0 Å². The Hall–Kier alpha value is -2.67. The monoisotopic (exact) mass is 426 g/mol. The van der Waals surface area contributed by atoms with E-state index in [1.807, 2.05) is 36.7 Å². The minimum atomic E-state index is -0.208. The molecule has 1 aliphatic rings. The fraction of sp³-hybridized carbons (Fsp3) is 0.542. The maximum Gasteiger partial charge on any atom is 0.307 e. The molecule has 7 heteroatoms. The van der Waals surface area contributed by atoms with Gasteiger partial charge in [0.15, 0.2) is 0 Å². The van der Waals surface area contributed by atoms with Crippen LogP contribution in [0.4, 0.5) is 0 Å². The third-order valence-electron chi connectivity index (χ3n) is 5.69. The zero-order chi connectivity index (χ0) is 22.2. The second-order valence-corrected chi connectivity index (χ2v) is 8.30. The van der Waals surface area contributed by atoms with Crippen LogP contribution in [0.15, 0.2) is 30.3 Å². The molecule has 0 atom stereocenters. The smallest absolute Gasteiger partial charge is 0.307 e. The highest BCUT2D eigenvalue weighted by Gasteiger charge is 2.25. The molecule has 1 aliphatic carbocycles. The zero-order valence-electron chi connectivity index (χ0n) is 18.9. The minimum absolute atomic E-state index is 0.0286. The first-order chi connectivity index (χ1) is 15.0. The molecule has 2 aromatic rings. The van der Waals surface area contributed by atoms with Crippen LogP contribution in [0, 0.1) is 19.8 Å². The van der Waals surface area contributed by atoms with Gasteiger partial charge in [-0.1, -0.05) is 30.3 Å². The highest BCUT2D eigenvalue weighted by atomic mass is 16.5. The topological polar surface area (TPSA) is 76.5 Å². The van der Waals surface area contributed by atoms with E-state index in [1.165, 1.54) is 18.4 Å². The molecule has 168 valence electrons. The van der Waals surface area contributed by atoms with Gasteiger partial charge in [-0.3, -0.25) is 19.2 Å². The molecular weight excluding hydrogens is 392 g/mol. The van der Waals surface area contributed by atoms with Crippen LogP contribution in [0.3, 0.4) is 0 Å². The van der Waals surface area contributed by atoms with Crippen LogP contribution in [-0.2, 0) is 27.4 Å². The maximum absolute atomic E-state index is 12.6. The summed E-state index contributed by atoms with van der Waals surface area (Å²) in [5, 5.41) is 7.71. The zero-order valence-corrected chi connectivity index (χ0v) is 18.9. The van der Waals surface area contributed by atoms with E-state index in [2.05, 4.69) is 27.4 Å². The predicted molar refractivity (Wildman–Crippen MR) is 120 cm³/mol. The summed E-state index contributed by atoms with van der Waals surface area (Å²) in [6, 6.07) is 10.2. The number of nitrogens with zero attached hydrogens (tertiary/aromatic N) is 3. The maximum atomic E-state index is 12.6. The summed E-state index contributed by atoms with van der Waals surface area (Å²) in [4.78, 5) is 26.4. The summed E-state index contributed by atoms with van der Waals surface area (Å²) in [6.45, 7) is 9.10. The highest BCUT2D eigenvalue weighted by molar-refractivity contribution is 5.78. The molecule has 1 amide bonds. The lowest BCUT2D eigenvalue weighted by Gasteiger charge is -2.21. The van der Waals surface area contributed by atoms with Crippen LogP contribution >= 0.6 is 0 Å². The molecule has 0 aliphatic heterocycles. The number of rotatable bonds is 12. The summed E-state index contributed by atoms with van der Waals surface area (Å²) >= 11 is 0. The Bertz CT molecular complexity index is 874. The second-order valence-electron chi connectivity index (χ2n) is 8.30. The number of carbonyl (C=O) groups excluding carboxylic acids is 2. The molecule has 0 unspecified atom stereocenters. The van der Waals surface area contributed by atoms with Crippen molar-refractivity contribution in [2.75, 3.05) is 26.2 Å². The molecule has 31 heavy (non-hydrogen) atoms. The normalized spacial score (nSPS) is 13.4. The lowest BCUT2D eigenvalue weighted by atomic mass is 10.2. The molecule has 0 spiro atoms. The van der Waals surface area contributed by atoms with Gasteiger partial charge in [0.05, 0.1) is 31.8 Å². The van der Waals surface area contributed by atoms with Gasteiger partial charge in [0.25, 0.3) is 0 Å². The third-order valence-corrected chi connectivity index (χ3v) is 5.69. The first-order valence-electron chi connectivity index (χ1n) is 11.2. The quantitative estimate of drug-likeness (QED) is 0.528. The van der Waals surface area contributed by atoms with E-state index in [0.29, 0.717) is 45.1 Å². The van der Waals surface area contributed by atoms with Crippen LogP contribution in [0.5, 0.6) is 0 Å². The van der Waals surface area contributed by atoms with E-state index in [4.69, 9.17) is 4.74 Å². The van der Waals surface area contributed by atoms with E-state index >= 15 is 0 Å². The van der Waals surface area contributed by atoms with Crippen LogP contribution in [0.1, 0.15) is 48.7 Å². The first-order valence-corrected chi connectivity index (χ1v) is 11.2. The van der Waals surface area contributed by atoms with E-state index in [0.717, 1.165) is 23.5 Å². The fourth-order valence-corrected chi connectivity index (χ4v) is 3.73. The molecule has 1 aromatic carbocycles. The molecule has 0 saturated heterocycles. The predicted octanol–water partition coefficient (Wildman–Crippen LogP) is 2.83. The summed E-state index contributed by atoms with van der Waals surface area (Å²) in [7, 11) is 0. The number of aromatic nitrogens is 2. The summed E-state index contributed by atoms with van der Waals surface area (Å²) < 4.78 is 7.01. The van der Waals surface area contributed by atoms with Crippen LogP contribution < -0.4 is 5.32 Å². The largest absolute Gasteiger partial charge is 0.466 e. The number of amides is 1. The lowest BCUT2D eigenvalue weighted by Crippen LogP contribution is -2.39. The van der Waals surface area contributed by atoms with Gasteiger partial charge in [0.2, 0.25) is 5.91 Å². The van der Waals surface area contributed by atoms with Gasteiger partial charge in [-0.05, 0) is 45.1 Å². The Morgan fingerprint density at radius 2 is 1.97 bits per heavy atom. The number of hydrogen-bond acceptors (Lipinski definition) is 5. The third kappa shape index (κ3) is 7.21. The van der Waals surface area contributed by atoms with Crippen molar-refractivity contribution in [3.63, 3.8) is 0 Å². The Morgan fingerprint density at radius 1 is 1.23 bits per heavy atom. The van der Waals surface area contributed by atoms with Crippen molar-refractivity contribution in [2.24, 2.45) is 5.92 Å². The Balaban J connectivity index is 1.53. The number of esters is 1. The SMILES string of the molecule is CCOC(=O)CCN(CC(=O)NCc1c(C)nn(Cc2ccccc2)c1C)CC1CC1. The fourth-order valence-electron chi connectivity index (χ4n) is 3.73. The summed E-state index contributed by atoms with van der Waals surface area (Å²) in [5.41, 5.74) is 4.26. The van der Waals surface area contributed by atoms with Crippen molar-refractivity contribution in [2.45, 2.75) is 53.1 Å². The number of ether oxygens (including phenoxy) is 1. The van der Waals surface area contributed by atoms with Crippen LogP contribution in [0.2, 0.25) is 0 Å². The molecule has 7 nitrogen and oxygen atoms in total. The van der Waals surface area contributed by atoms with E-state index in [-0.39, 0.29) is 11.9 Å². The minimum Gasteiger partial charge on any atom is -0.466 e. The Labute approximate surface area is 184 Å². The Morgan fingerprint density at radius 3 is 2.65 bits per heavy atom. The average molecular weight is 427 g/mol. The summed E-state index contributed by atoms with van der Waals surface area (Å²) in [5.74, 6) is 0.413. The molecule has 0 radical (unpaired) electrons. The molecule has 3 rings (SSSR count). The number of carbonyl (C=O) groups is 2. The number of benzene rings is 1. The standard InChI is InChI=1S/C24H34N4O3/c1-4-31-24(30)12-13-27(15-21-10-11-21)17-23(29)25-14-22-18(2)26-28(19(22)3)16-20-8-6-5-7-9-20/h5-9,21H,4,10-17H2,1-3H3,(H,25,29). The van der Waals surface area contributed by atoms with Gasteiger partial charge in [0, 0.05) is 30.9 Å². The van der Waals surface area contributed by atoms with Crippen molar-refractivity contribution < 1.29 is 14.3 Å². The number of nitrogens with one attached hydrogen (secondary N) is 1. The number of hydrogen-bond donors (Lipinski definition) is 1. The van der Waals surface area contributed by atoms with Gasteiger partial charge >= 0.3 is 5.97 Å².